The Bertz CT molecular complexity index is 1190. The molecule has 3 rings (SSSR count). The van der Waals surface area contributed by atoms with Crippen LogP contribution in [0.15, 0.2) is 54.6 Å². The lowest BCUT2D eigenvalue weighted by Gasteiger charge is -2.16. The summed E-state index contributed by atoms with van der Waals surface area (Å²) in [5.41, 5.74) is 0.215. The van der Waals surface area contributed by atoms with Gasteiger partial charge in [0.25, 0.3) is 0 Å². The molecule has 0 radical (unpaired) electrons. The summed E-state index contributed by atoms with van der Waals surface area (Å²) >= 11 is 0. The molecule has 164 valence electrons. The maximum Gasteiger partial charge on any atom is 0.337 e. The zero-order chi connectivity index (χ0) is 22.4. The van der Waals surface area contributed by atoms with E-state index in [1.165, 1.54) is 26.4 Å². The van der Waals surface area contributed by atoms with Gasteiger partial charge in [-0.3, -0.25) is 4.72 Å². The molecule has 0 saturated heterocycles. The highest BCUT2D eigenvalue weighted by molar-refractivity contribution is 7.91. The Morgan fingerprint density at radius 2 is 1.71 bits per heavy atom. The molecule has 3 aromatic carbocycles. The van der Waals surface area contributed by atoms with E-state index < -0.39 is 16.0 Å². The first-order valence-electron chi connectivity index (χ1n) is 9.38. The molecule has 0 aliphatic carbocycles. The summed E-state index contributed by atoms with van der Waals surface area (Å²) in [6.45, 7) is 0.482. The van der Waals surface area contributed by atoms with E-state index in [-0.39, 0.29) is 35.1 Å². The Labute approximate surface area is 180 Å². The van der Waals surface area contributed by atoms with Crippen molar-refractivity contribution in [3.8, 4) is 11.5 Å². The topological polar surface area (TPSA) is 111 Å². The number of fused-ring (bicyclic) bond motifs is 1. The Morgan fingerprint density at radius 3 is 2.39 bits per heavy atom. The molecule has 0 unspecified atom stereocenters. The Balaban J connectivity index is 1.90. The van der Waals surface area contributed by atoms with Crippen molar-refractivity contribution in [3.05, 3.63) is 65.7 Å². The van der Waals surface area contributed by atoms with Gasteiger partial charge in [0.2, 0.25) is 10.0 Å². The van der Waals surface area contributed by atoms with Gasteiger partial charge in [0.05, 0.1) is 30.7 Å². The third-order valence-corrected chi connectivity index (χ3v) is 5.76. The van der Waals surface area contributed by atoms with E-state index in [4.69, 9.17) is 14.2 Å². The number of anilines is 1. The minimum Gasteiger partial charge on any atom is -0.493 e. The second-order valence-corrected chi connectivity index (χ2v) is 8.46. The van der Waals surface area contributed by atoms with E-state index in [1.807, 2.05) is 30.3 Å². The van der Waals surface area contributed by atoms with Crippen LogP contribution in [-0.2, 0) is 20.5 Å². The fraction of sp³-hybridized carbons (Fsp3) is 0.227. The van der Waals surface area contributed by atoms with Gasteiger partial charge in [0, 0.05) is 19.2 Å². The summed E-state index contributed by atoms with van der Waals surface area (Å²) in [5, 5.41) is 11.5. The van der Waals surface area contributed by atoms with Crippen molar-refractivity contribution in [3.63, 3.8) is 0 Å². The lowest BCUT2D eigenvalue weighted by molar-refractivity contribution is 0.0697. The first-order chi connectivity index (χ1) is 14.8. The highest BCUT2D eigenvalue weighted by Crippen LogP contribution is 2.34. The molecule has 0 fully saturated rings. The van der Waals surface area contributed by atoms with Crippen molar-refractivity contribution < 1.29 is 32.5 Å². The number of benzene rings is 3. The molecular weight excluding hydrogens is 422 g/mol. The van der Waals surface area contributed by atoms with Gasteiger partial charge in [0.15, 0.2) is 11.5 Å². The normalized spacial score (nSPS) is 11.3. The Morgan fingerprint density at radius 1 is 0.968 bits per heavy atom. The van der Waals surface area contributed by atoms with E-state index >= 15 is 0 Å². The van der Waals surface area contributed by atoms with Gasteiger partial charge < -0.3 is 19.3 Å². The SMILES string of the molecule is COCCOc1cc(NS(=O)(=O)Cc2ccc3ccccc3c2)c(C(=O)O)cc1OC. The minimum absolute atomic E-state index is 0.110. The molecule has 0 atom stereocenters. The third kappa shape index (κ3) is 5.65. The average molecular weight is 445 g/mol. The highest BCUT2D eigenvalue weighted by Gasteiger charge is 2.21. The number of methoxy groups -OCH3 is 2. The number of carboxylic acid groups (broad SMARTS) is 1. The van der Waals surface area contributed by atoms with E-state index in [2.05, 4.69) is 4.72 Å². The third-order valence-electron chi connectivity index (χ3n) is 4.52. The number of nitrogens with one attached hydrogen (secondary N) is 1. The van der Waals surface area contributed by atoms with Crippen molar-refractivity contribution in [1.29, 1.82) is 0 Å². The molecular formula is C22H23NO7S. The van der Waals surface area contributed by atoms with Crippen LogP contribution in [0.4, 0.5) is 5.69 Å². The van der Waals surface area contributed by atoms with Crippen LogP contribution < -0.4 is 14.2 Å². The number of sulfonamides is 1. The summed E-state index contributed by atoms with van der Waals surface area (Å²) in [6.07, 6.45) is 0. The maximum atomic E-state index is 12.8. The number of rotatable bonds is 10. The summed E-state index contributed by atoms with van der Waals surface area (Å²) in [6, 6.07) is 15.5. The lowest BCUT2D eigenvalue weighted by atomic mass is 10.1. The molecule has 9 heteroatoms. The minimum atomic E-state index is -3.91. The van der Waals surface area contributed by atoms with Crippen molar-refractivity contribution >= 4 is 32.5 Å². The summed E-state index contributed by atoms with van der Waals surface area (Å²) < 4.78 is 43.7. The zero-order valence-corrected chi connectivity index (χ0v) is 17.9. The van der Waals surface area contributed by atoms with Gasteiger partial charge in [-0.05, 0) is 16.3 Å². The van der Waals surface area contributed by atoms with Crippen LogP contribution in [0.2, 0.25) is 0 Å². The number of ether oxygens (including phenoxy) is 3. The molecule has 0 heterocycles. The standard InChI is InChI=1S/C22H23NO7S/c1-28-9-10-30-21-13-19(18(22(24)25)12-20(21)29-2)23-31(26,27)14-15-7-8-16-5-3-4-6-17(16)11-15/h3-8,11-13,23H,9-10,14H2,1-2H3,(H,24,25). The maximum absolute atomic E-state index is 12.8. The van der Waals surface area contributed by atoms with Crippen molar-refractivity contribution in [1.82, 2.24) is 0 Å². The number of hydrogen-bond acceptors (Lipinski definition) is 6. The summed E-state index contributed by atoms with van der Waals surface area (Å²) in [4.78, 5) is 11.7. The van der Waals surface area contributed by atoms with E-state index in [1.54, 1.807) is 12.1 Å². The lowest BCUT2D eigenvalue weighted by Crippen LogP contribution is -2.18. The van der Waals surface area contributed by atoms with Crippen LogP contribution in [0.5, 0.6) is 11.5 Å². The second kappa shape index (κ2) is 9.67. The molecule has 0 spiro atoms. The largest absolute Gasteiger partial charge is 0.493 e. The van der Waals surface area contributed by atoms with Gasteiger partial charge in [-0.2, -0.15) is 0 Å². The Kier molecular flexibility index (Phi) is 6.98. The van der Waals surface area contributed by atoms with E-state index in [9.17, 15) is 18.3 Å². The molecule has 0 aliphatic heterocycles. The van der Waals surface area contributed by atoms with Gasteiger partial charge >= 0.3 is 5.97 Å². The quantitative estimate of drug-likeness (QED) is 0.459. The van der Waals surface area contributed by atoms with Crippen LogP contribution in [0, 0.1) is 0 Å². The number of hydrogen-bond donors (Lipinski definition) is 2. The highest BCUT2D eigenvalue weighted by atomic mass is 32.2. The number of aromatic carboxylic acids is 1. The van der Waals surface area contributed by atoms with Gasteiger partial charge in [0.1, 0.15) is 6.61 Å². The predicted molar refractivity (Wildman–Crippen MR) is 118 cm³/mol. The zero-order valence-electron chi connectivity index (χ0n) is 17.1. The first kappa shape index (κ1) is 22.4. The van der Waals surface area contributed by atoms with Crippen molar-refractivity contribution in [2.45, 2.75) is 5.75 Å². The molecule has 8 nitrogen and oxygen atoms in total. The molecule has 0 bridgehead atoms. The van der Waals surface area contributed by atoms with Crippen LogP contribution in [0.25, 0.3) is 10.8 Å². The fourth-order valence-corrected chi connectivity index (χ4v) is 4.27. The van der Waals surface area contributed by atoms with Crippen molar-refractivity contribution in [2.75, 3.05) is 32.2 Å². The van der Waals surface area contributed by atoms with E-state index in [0.29, 0.717) is 12.2 Å². The summed E-state index contributed by atoms with van der Waals surface area (Å²) in [5.74, 6) is -1.24. The molecule has 0 saturated carbocycles. The molecule has 0 aliphatic rings. The van der Waals surface area contributed by atoms with Crippen LogP contribution in [0.1, 0.15) is 15.9 Å². The number of carboxylic acids is 1. The Hall–Kier alpha value is -3.30. The molecule has 31 heavy (non-hydrogen) atoms. The molecule has 0 aromatic heterocycles. The monoisotopic (exact) mass is 445 g/mol. The second-order valence-electron chi connectivity index (χ2n) is 6.74. The number of carbonyl (C=O) groups is 1. The molecule has 0 amide bonds. The predicted octanol–water partition coefficient (Wildman–Crippen LogP) is 3.51. The molecule has 3 aromatic rings. The van der Waals surface area contributed by atoms with Crippen molar-refractivity contribution in [2.24, 2.45) is 0 Å². The van der Waals surface area contributed by atoms with Crippen LogP contribution in [0.3, 0.4) is 0 Å². The van der Waals surface area contributed by atoms with Gasteiger partial charge in [-0.15, -0.1) is 0 Å². The van der Waals surface area contributed by atoms with Gasteiger partial charge in [-0.25, -0.2) is 13.2 Å². The van der Waals surface area contributed by atoms with Crippen LogP contribution >= 0.6 is 0 Å². The van der Waals surface area contributed by atoms with Crippen LogP contribution in [-0.4, -0.2) is 46.9 Å². The summed E-state index contributed by atoms with van der Waals surface area (Å²) in [7, 11) is -1.03. The average Bonchev–Trinajstić information content (AvgIpc) is 2.73. The smallest absolute Gasteiger partial charge is 0.337 e. The van der Waals surface area contributed by atoms with E-state index in [0.717, 1.165) is 10.8 Å². The fourth-order valence-electron chi connectivity index (χ4n) is 3.08. The van der Waals surface area contributed by atoms with Gasteiger partial charge in [-0.1, -0.05) is 42.5 Å². The molecule has 2 N–H and O–H groups in total. The first-order valence-corrected chi connectivity index (χ1v) is 11.0.